The van der Waals surface area contributed by atoms with E-state index in [1.165, 1.54) is 16.8 Å². The Morgan fingerprint density at radius 1 is 1.10 bits per heavy atom. The number of hydrogen-bond donors (Lipinski definition) is 2. The molecule has 5 rings (SSSR count). The quantitative estimate of drug-likeness (QED) is 0.234. The van der Waals surface area contributed by atoms with Gasteiger partial charge in [-0.1, -0.05) is 17.7 Å². The smallest absolute Gasteiger partial charge is 0.352 e. The third-order valence-corrected chi connectivity index (χ3v) is 7.95. The van der Waals surface area contributed by atoms with E-state index in [0.717, 1.165) is 6.07 Å². The molecule has 0 radical (unpaired) electrons. The number of ether oxygens (including phenoxy) is 2. The van der Waals surface area contributed by atoms with Gasteiger partial charge >= 0.3 is 11.9 Å². The van der Waals surface area contributed by atoms with Crippen molar-refractivity contribution in [3.8, 4) is 5.69 Å². The van der Waals surface area contributed by atoms with Crippen molar-refractivity contribution in [1.82, 2.24) is 9.47 Å². The summed E-state index contributed by atoms with van der Waals surface area (Å²) in [5.41, 5.74) is -0.787. The van der Waals surface area contributed by atoms with Gasteiger partial charge in [-0.3, -0.25) is 24.9 Å². The van der Waals surface area contributed by atoms with Gasteiger partial charge in [-0.05, 0) is 61.9 Å². The number of benzene rings is 2. The summed E-state index contributed by atoms with van der Waals surface area (Å²) < 4.78 is 25.9. The molecule has 0 spiro atoms. The van der Waals surface area contributed by atoms with E-state index in [0.29, 0.717) is 54.8 Å². The number of nitrogens with zero attached hydrogens (tertiary/aromatic N) is 3. The second-order valence-corrected chi connectivity index (χ2v) is 10.5. The molecule has 3 N–H and O–H groups in total. The van der Waals surface area contributed by atoms with Crippen LogP contribution in [-0.4, -0.2) is 72.2 Å². The molecule has 2 atom stereocenters. The molecule has 2 aromatic carbocycles. The van der Waals surface area contributed by atoms with Crippen LogP contribution in [0.4, 0.5) is 15.8 Å². The molecular formula is C30H32ClFN5O5+. The Kier molecular flexibility index (Phi) is 8.83. The Hall–Kier alpha value is -3.90. The fourth-order valence-electron chi connectivity index (χ4n) is 5.76. The van der Waals surface area contributed by atoms with Crippen LogP contribution in [0.15, 0.2) is 71.7 Å². The maximum atomic E-state index is 14.8. The molecule has 0 bridgehead atoms. The Bertz CT molecular complexity index is 1540. The molecule has 2 fully saturated rings. The van der Waals surface area contributed by atoms with Crippen molar-refractivity contribution in [2.75, 3.05) is 44.4 Å². The number of carbonyl (C=O) groups is 2. The molecule has 220 valence electrons. The predicted molar refractivity (Wildman–Crippen MR) is 155 cm³/mol. The van der Waals surface area contributed by atoms with Crippen molar-refractivity contribution < 1.29 is 28.8 Å². The highest BCUT2D eigenvalue weighted by Gasteiger charge is 2.61. The van der Waals surface area contributed by atoms with Crippen LogP contribution in [0.25, 0.3) is 5.69 Å². The van der Waals surface area contributed by atoms with Crippen LogP contribution in [0, 0.1) is 17.1 Å². The van der Waals surface area contributed by atoms with Crippen LogP contribution in [-0.2, 0) is 19.1 Å². The van der Waals surface area contributed by atoms with Crippen LogP contribution in [0.3, 0.4) is 0 Å². The number of amides is 1. The van der Waals surface area contributed by atoms with E-state index in [1.54, 1.807) is 59.6 Å². The van der Waals surface area contributed by atoms with Crippen LogP contribution in [0.2, 0.25) is 5.02 Å². The second kappa shape index (κ2) is 12.5. The lowest BCUT2D eigenvalue weighted by molar-refractivity contribution is -0.672. The van der Waals surface area contributed by atoms with Crippen molar-refractivity contribution in [2.45, 2.75) is 19.0 Å². The number of esters is 1. The third kappa shape index (κ3) is 5.60. The van der Waals surface area contributed by atoms with Crippen LogP contribution in [0.1, 0.15) is 13.3 Å². The number of nitrogens with one attached hydrogen (secondary N) is 1. The number of aromatic nitrogens is 1. The summed E-state index contributed by atoms with van der Waals surface area (Å²) in [5.74, 6) is -2.74. The molecule has 42 heavy (non-hydrogen) atoms. The topological polar surface area (TPSA) is 122 Å². The first-order valence-corrected chi connectivity index (χ1v) is 14.1. The number of halogens is 2. The van der Waals surface area contributed by atoms with Gasteiger partial charge in [0.15, 0.2) is 5.82 Å². The number of morpholine rings is 1. The summed E-state index contributed by atoms with van der Waals surface area (Å²) in [4.78, 5) is 43.6. The van der Waals surface area contributed by atoms with Gasteiger partial charge in [0.1, 0.15) is 11.4 Å². The fourth-order valence-corrected chi connectivity index (χ4v) is 5.96. The average Bonchev–Trinajstić information content (AvgIpc) is 3.00. The van der Waals surface area contributed by atoms with E-state index < -0.39 is 28.9 Å². The lowest BCUT2D eigenvalue weighted by Crippen LogP contribution is -3.03. The van der Waals surface area contributed by atoms with Gasteiger partial charge in [0.05, 0.1) is 25.7 Å². The van der Waals surface area contributed by atoms with Gasteiger partial charge in [-0.25, -0.2) is 14.1 Å². The van der Waals surface area contributed by atoms with E-state index >= 15 is 0 Å². The zero-order valence-corrected chi connectivity index (χ0v) is 23.9. The first-order valence-electron chi connectivity index (χ1n) is 13.8. The molecule has 3 heterocycles. The van der Waals surface area contributed by atoms with Crippen LogP contribution in [0.5, 0.6) is 0 Å². The molecule has 3 aromatic rings. The SMILES string of the molecule is CCOC(=O)C(=N)C1CCN(c2ccc(-n3cccc(F)c3=O)cc2)C(=O)C1([NH2+]c1cccc(Cl)c1)N1CCOCC1. The van der Waals surface area contributed by atoms with Gasteiger partial charge < -0.3 is 14.4 Å². The molecule has 12 heteroatoms. The fraction of sp³-hybridized carbons (Fsp3) is 0.333. The number of rotatable bonds is 8. The number of piperidine rings is 1. The number of pyridine rings is 1. The van der Waals surface area contributed by atoms with Gasteiger partial charge in [-0.15, -0.1) is 0 Å². The number of quaternary nitrogens is 1. The zero-order valence-electron chi connectivity index (χ0n) is 23.1. The monoisotopic (exact) mass is 596 g/mol. The molecule has 10 nitrogen and oxygen atoms in total. The zero-order chi connectivity index (χ0) is 29.9. The van der Waals surface area contributed by atoms with Gasteiger partial charge in [0.25, 0.3) is 5.56 Å². The number of hydrogen-bond acceptors (Lipinski definition) is 7. The second-order valence-electron chi connectivity index (χ2n) is 10.1. The number of nitrogens with two attached hydrogens (primary N) is 1. The van der Waals surface area contributed by atoms with Gasteiger partial charge in [-0.2, -0.15) is 0 Å². The van der Waals surface area contributed by atoms with Gasteiger partial charge in [0.2, 0.25) is 5.66 Å². The summed E-state index contributed by atoms with van der Waals surface area (Å²) in [6.45, 7) is 3.60. The maximum Gasteiger partial charge on any atom is 0.352 e. The van der Waals surface area contributed by atoms with Crippen molar-refractivity contribution in [3.05, 3.63) is 88.1 Å². The lowest BCUT2D eigenvalue weighted by Gasteiger charge is -2.50. The molecule has 0 aliphatic carbocycles. The van der Waals surface area contributed by atoms with Crippen molar-refractivity contribution in [3.63, 3.8) is 0 Å². The molecule has 2 unspecified atom stereocenters. The summed E-state index contributed by atoms with van der Waals surface area (Å²) in [7, 11) is 0. The minimum absolute atomic E-state index is 0.108. The maximum absolute atomic E-state index is 14.8. The predicted octanol–water partition coefficient (Wildman–Crippen LogP) is 2.49. The van der Waals surface area contributed by atoms with E-state index in [9.17, 15) is 18.8 Å². The van der Waals surface area contributed by atoms with Crippen molar-refractivity contribution in [2.24, 2.45) is 5.92 Å². The molecule has 2 saturated heterocycles. The van der Waals surface area contributed by atoms with Crippen LogP contribution < -0.4 is 15.8 Å². The summed E-state index contributed by atoms with van der Waals surface area (Å²) >= 11 is 6.32. The van der Waals surface area contributed by atoms with Crippen LogP contribution >= 0.6 is 11.6 Å². The normalized spacial score (nSPS) is 21.3. The van der Waals surface area contributed by atoms with E-state index in [2.05, 4.69) is 0 Å². The minimum Gasteiger partial charge on any atom is -0.462 e. The standard InChI is InChI=1S/C30H31ClFN5O5/c1-2-42-28(39)26(33)24-12-14-37(23-10-8-22(9-11-23)36-13-4-7-25(32)27(36)38)29(40)30(24,35-15-17-41-18-16-35)34-21-6-3-5-20(31)19-21/h3-11,13,19,24,33-34H,2,12,14-18H2,1H3/p+1. The summed E-state index contributed by atoms with van der Waals surface area (Å²) in [6.07, 6.45) is 1.78. The first-order chi connectivity index (χ1) is 20.3. The summed E-state index contributed by atoms with van der Waals surface area (Å²) in [5, 5.41) is 11.2. The van der Waals surface area contributed by atoms with E-state index in [1.807, 2.05) is 11.0 Å². The average molecular weight is 597 g/mol. The number of carbonyl (C=O) groups excluding carboxylic acids is 2. The highest BCUT2D eigenvalue weighted by molar-refractivity contribution is 6.37. The molecule has 1 amide bonds. The minimum atomic E-state index is -1.42. The first kappa shape index (κ1) is 29.6. The highest BCUT2D eigenvalue weighted by Crippen LogP contribution is 2.35. The van der Waals surface area contributed by atoms with Crippen molar-refractivity contribution >= 4 is 40.6 Å². The van der Waals surface area contributed by atoms with E-state index in [-0.39, 0.29) is 24.8 Å². The Balaban J connectivity index is 1.59. The Morgan fingerprint density at radius 2 is 1.81 bits per heavy atom. The number of anilines is 1. The summed E-state index contributed by atoms with van der Waals surface area (Å²) in [6, 6.07) is 16.3. The largest absolute Gasteiger partial charge is 0.462 e. The highest BCUT2D eigenvalue weighted by atomic mass is 35.5. The van der Waals surface area contributed by atoms with E-state index in [4.69, 9.17) is 26.5 Å². The third-order valence-electron chi connectivity index (χ3n) is 7.71. The molecular weight excluding hydrogens is 565 g/mol. The van der Waals surface area contributed by atoms with Crippen molar-refractivity contribution in [1.29, 1.82) is 5.41 Å². The molecule has 2 aliphatic heterocycles. The van der Waals surface area contributed by atoms with Gasteiger partial charge in [0, 0.05) is 48.3 Å². The lowest BCUT2D eigenvalue weighted by atomic mass is 9.78. The molecule has 2 aliphatic rings. The molecule has 1 aromatic heterocycles. The Morgan fingerprint density at radius 3 is 2.50 bits per heavy atom. The molecule has 0 saturated carbocycles. The Labute approximate surface area is 247 Å².